The fraction of sp³-hybridized carbons (Fsp3) is 0.538. The van der Waals surface area contributed by atoms with Crippen LogP contribution in [0.2, 0.25) is 0 Å². The largest absolute Gasteiger partial charge is 0.384 e. The molecule has 1 N–H and O–H groups in total. The average molecular weight is 270 g/mol. The summed E-state index contributed by atoms with van der Waals surface area (Å²) in [6.45, 7) is 8.23. The third-order valence-electron chi connectivity index (χ3n) is 2.93. The Bertz CT molecular complexity index is 450. The normalized spacial score (nSPS) is 11.8. The Morgan fingerprint density at radius 3 is 2.11 bits per heavy atom. The third-order valence-corrected chi connectivity index (χ3v) is 4.06. The molecular formula is C13H22N2O2S. The summed E-state index contributed by atoms with van der Waals surface area (Å²) in [6.07, 6.45) is 1.22. The van der Waals surface area contributed by atoms with Gasteiger partial charge in [0, 0.05) is 25.0 Å². The zero-order valence-corrected chi connectivity index (χ0v) is 12.1. The van der Waals surface area contributed by atoms with Gasteiger partial charge < -0.3 is 10.2 Å². The number of sulfone groups is 1. The lowest BCUT2D eigenvalue weighted by Crippen LogP contribution is -2.28. The van der Waals surface area contributed by atoms with E-state index in [-0.39, 0.29) is 0 Å². The molecule has 0 aliphatic carbocycles. The number of nitrogens with one attached hydrogen (secondary N) is 1. The fourth-order valence-electron chi connectivity index (χ4n) is 1.72. The minimum absolute atomic E-state index is 0.358. The summed E-state index contributed by atoms with van der Waals surface area (Å²) in [7, 11) is -3.10. The lowest BCUT2D eigenvalue weighted by Gasteiger charge is -2.18. The maximum absolute atomic E-state index is 11.3. The second kappa shape index (κ2) is 6.75. The topological polar surface area (TPSA) is 49.4 Å². The zero-order valence-electron chi connectivity index (χ0n) is 11.3. The van der Waals surface area contributed by atoms with Crippen molar-refractivity contribution in [3.05, 3.63) is 24.3 Å². The first-order valence-electron chi connectivity index (χ1n) is 6.23. The van der Waals surface area contributed by atoms with E-state index in [0.717, 1.165) is 31.9 Å². The summed E-state index contributed by atoms with van der Waals surface area (Å²) in [5, 5.41) is 3.29. The van der Waals surface area contributed by atoms with Crippen LogP contribution in [0, 0.1) is 0 Å². The van der Waals surface area contributed by atoms with E-state index < -0.39 is 9.84 Å². The van der Waals surface area contributed by atoms with Crippen LogP contribution in [0.15, 0.2) is 29.2 Å². The van der Waals surface area contributed by atoms with Crippen LogP contribution >= 0.6 is 0 Å². The predicted octanol–water partition coefficient (Wildman–Crippen LogP) is 1.84. The van der Waals surface area contributed by atoms with E-state index in [4.69, 9.17) is 0 Å². The van der Waals surface area contributed by atoms with Crippen LogP contribution in [0.25, 0.3) is 0 Å². The Morgan fingerprint density at radius 1 is 1.11 bits per heavy atom. The van der Waals surface area contributed by atoms with Crippen molar-refractivity contribution in [2.24, 2.45) is 0 Å². The van der Waals surface area contributed by atoms with Gasteiger partial charge >= 0.3 is 0 Å². The molecule has 0 aliphatic heterocycles. The van der Waals surface area contributed by atoms with Crippen LogP contribution in [0.5, 0.6) is 0 Å². The first kappa shape index (κ1) is 15.0. The Hall–Kier alpha value is -1.07. The van der Waals surface area contributed by atoms with Crippen molar-refractivity contribution in [2.75, 3.05) is 37.8 Å². The van der Waals surface area contributed by atoms with Gasteiger partial charge in [0.2, 0.25) is 0 Å². The maximum atomic E-state index is 11.3. The molecular weight excluding hydrogens is 248 g/mol. The Kier molecular flexibility index (Phi) is 5.62. The van der Waals surface area contributed by atoms with Gasteiger partial charge in [0.1, 0.15) is 0 Å². The van der Waals surface area contributed by atoms with Gasteiger partial charge in [-0.25, -0.2) is 8.42 Å². The van der Waals surface area contributed by atoms with Crippen molar-refractivity contribution in [3.8, 4) is 0 Å². The molecule has 0 bridgehead atoms. The second-order valence-electron chi connectivity index (χ2n) is 4.25. The summed E-state index contributed by atoms with van der Waals surface area (Å²) in [6, 6.07) is 6.88. The first-order valence-corrected chi connectivity index (χ1v) is 8.12. The highest BCUT2D eigenvalue weighted by Gasteiger charge is 2.05. The molecule has 0 amide bonds. The minimum atomic E-state index is -3.10. The molecule has 4 nitrogen and oxygen atoms in total. The molecule has 0 radical (unpaired) electrons. The molecule has 0 fully saturated rings. The highest BCUT2D eigenvalue weighted by Crippen LogP contribution is 2.13. The second-order valence-corrected chi connectivity index (χ2v) is 6.27. The Balaban J connectivity index is 2.50. The van der Waals surface area contributed by atoms with E-state index in [1.807, 2.05) is 0 Å². The standard InChI is InChI=1S/C13H22N2O2S/c1-4-15(5-2)11-10-14-12-6-8-13(9-7-12)18(3,16)17/h6-9,14H,4-5,10-11H2,1-3H3. The maximum Gasteiger partial charge on any atom is 0.175 e. The third kappa shape index (κ3) is 4.66. The molecule has 0 saturated carbocycles. The number of hydrogen-bond donors (Lipinski definition) is 1. The molecule has 1 aromatic carbocycles. The molecule has 1 aromatic rings. The minimum Gasteiger partial charge on any atom is -0.384 e. The Morgan fingerprint density at radius 2 is 1.67 bits per heavy atom. The van der Waals surface area contributed by atoms with Crippen LogP contribution in [-0.4, -0.2) is 45.8 Å². The van der Waals surface area contributed by atoms with E-state index in [2.05, 4.69) is 24.1 Å². The van der Waals surface area contributed by atoms with Crippen molar-refractivity contribution in [1.29, 1.82) is 0 Å². The monoisotopic (exact) mass is 270 g/mol. The molecule has 0 atom stereocenters. The quantitative estimate of drug-likeness (QED) is 0.821. The molecule has 0 spiro atoms. The molecule has 18 heavy (non-hydrogen) atoms. The molecule has 102 valence electrons. The number of hydrogen-bond acceptors (Lipinski definition) is 4. The summed E-state index contributed by atoms with van der Waals surface area (Å²) < 4.78 is 22.6. The van der Waals surface area contributed by atoms with Crippen molar-refractivity contribution in [3.63, 3.8) is 0 Å². The average Bonchev–Trinajstić information content (AvgIpc) is 2.34. The summed E-state index contributed by atoms with van der Waals surface area (Å²) in [4.78, 5) is 2.69. The zero-order chi connectivity index (χ0) is 13.6. The van der Waals surface area contributed by atoms with E-state index >= 15 is 0 Å². The number of anilines is 1. The molecule has 0 aliphatic rings. The van der Waals surface area contributed by atoms with Crippen molar-refractivity contribution >= 4 is 15.5 Å². The highest BCUT2D eigenvalue weighted by atomic mass is 32.2. The smallest absolute Gasteiger partial charge is 0.175 e. The van der Waals surface area contributed by atoms with Crippen LogP contribution in [0.4, 0.5) is 5.69 Å². The highest BCUT2D eigenvalue weighted by molar-refractivity contribution is 7.90. The predicted molar refractivity (Wildman–Crippen MR) is 75.8 cm³/mol. The number of benzene rings is 1. The van der Waals surface area contributed by atoms with Gasteiger partial charge in [-0.05, 0) is 37.4 Å². The molecule has 1 rings (SSSR count). The van der Waals surface area contributed by atoms with Crippen LogP contribution in [0.3, 0.4) is 0 Å². The molecule has 0 heterocycles. The first-order chi connectivity index (χ1) is 8.47. The van der Waals surface area contributed by atoms with Crippen LogP contribution < -0.4 is 5.32 Å². The molecule has 0 unspecified atom stereocenters. The molecule has 5 heteroatoms. The van der Waals surface area contributed by atoms with Crippen molar-refractivity contribution < 1.29 is 8.42 Å². The van der Waals surface area contributed by atoms with E-state index in [1.54, 1.807) is 24.3 Å². The van der Waals surface area contributed by atoms with Gasteiger partial charge in [-0.2, -0.15) is 0 Å². The summed E-state index contributed by atoms with van der Waals surface area (Å²) >= 11 is 0. The van der Waals surface area contributed by atoms with Crippen LogP contribution in [-0.2, 0) is 9.84 Å². The lowest BCUT2D eigenvalue weighted by atomic mass is 10.3. The summed E-state index contributed by atoms with van der Waals surface area (Å²) in [5.41, 5.74) is 0.953. The van der Waals surface area contributed by atoms with Gasteiger partial charge in [0.15, 0.2) is 9.84 Å². The van der Waals surface area contributed by atoms with Crippen molar-refractivity contribution in [2.45, 2.75) is 18.7 Å². The van der Waals surface area contributed by atoms with Gasteiger partial charge in [-0.1, -0.05) is 13.8 Å². The SMILES string of the molecule is CCN(CC)CCNc1ccc(S(C)(=O)=O)cc1. The van der Waals surface area contributed by atoms with E-state index in [1.165, 1.54) is 6.26 Å². The Labute approximate surface area is 110 Å². The van der Waals surface area contributed by atoms with Gasteiger partial charge in [-0.15, -0.1) is 0 Å². The van der Waals surface area contributed by atoms with Gasteiger partial charge in [0.25, 0.3) is 0 Å². The van der Waals surface area contributed by atoms with Gasteiger partial charge in [0.05, 0.1) is 4.90 Å². The van der Waals surface area contributed by atoms with E-state index in [9.17, 15) is 8.42 Å². The number of rotatable bonds is 7. The molecule has 0 saturated heterocycles. The van der Waals surface area contributed by atoms with Crippen molar-refractivity contribution in [1.82, 2.24) is 4.90 Å². The van der Waals surface area contributed by atoms with Gasteiger partial charge in [-0.3, -0.25) is 0 Å². The number of likely N-dealkylation sites (N-methyl/N-ethyl adjacent to an activating group) is 1. The van der Waals surface area contributed by atoms with Crippen LogP contribution in [0.1, 0.15) is 13.8 Å². The lowest BCUT2D eigenvalue weighted by molar-refractivity contribution is 0.316. The van der Waals surface area contributed by atoms with E-state index in [0.29, 0.717) is 4.90 Å². The number of nitrogens with zero attached hydrogens (tertiary/aromatic N) is 1. The summed E-state index contributed by atoms with van der Waals surface area (Å²) in [5.74, 6) is 0. The fourth-order valence-corrected chi connectivity index (χ4v) is 2.35. The molecule has 0 aromatic heterocycles.